The fourth-order valence-electron chi connectivity index (χ4n) is 2.55. The minimum Gasteiger partial charge on any atom is -0.494 e. The molecule has 0 aliphatic carbocycles. The third kappa shape index (κ3) is 5.94. The first-order valence-corrected chi connectivity index (χ1v) is 8.05. The van der Waals surface area contributed by atoms with Gasteiger partial charge in [-0.25, -0.2) is 0 Å². The molecule has 0 radical (unpaired) electrons. The lowest BCUT2D eigenvalue weighted by atomic mass is 10.2. The SMILES string of the molecule is CCCOc1ccc(OCCN(C)CC2CCCN2)cc1. The quantitative estimate of drug-likeness (QED) is 0.758. The second-order valence-electron chi connectivity index (χ2n) is 5.72. The highest BCUT2D eigenvalue weighted by molar-refractivity contribution is 5.31. The summed E-state index contributed by atoms with van der Waals surface area (Å²) in [6, 6.07) is 8.55. The number of nitrogens with zero attached hydrogens (tertiary/aromatic N) is 1. The van der Waals surface area contributed by atoms with Crippen LogP contribution in [0.25, 0.3) is 0 Å². The van der Waals surface area contributed by atoms with Gasteiger partial charge in [-0.3, -0.25) is 0 Å². The Hall–Kier alpha value is -1.26. The normalized spacial score (nSPS) is 18.1. The first kappa shape index (κ1) is 16.1. The van der Waals surface area contributed by atoms with E-state index in [4.69, 9.17) is 9.47 Å². The van der Waals surface area contributed by atoms with Gasteiger partial charge in [-0.2, -0.15) is 0 Å². The summed E-state index contributed by atoms with van der Waals surface area (Å²) in [6.07, 6.45) is 3.63. The second kappa shape index (κ2) is 8.90. The largest absolute Gasteiger partial charge is 0.494 e. The zero-order chi connectivity index (χ0) is 14.9. The van der Waals surface area contributed by atoms with E-state index in [1.54, 1.807) is 0 Å². The van der Waals surface area contributed by atoms with Crippen LogP contribution in [-0.2, 0) is 0 Å². The van der Waals surface area contributed by atoms with Crippen molar-refractivity contribution in [2.45, 2.75) is 32.2 Å². The van der Waals surface area contributed by atoms with E-state index in [-0.39, 0.29) is 0 Å². The molecule has 4 nitrogen and oxygen atoms in total. The van der Waals surface area contributed by atoms with E-state index in [1.165, 1.54) is 19.4 Å². The molecule has 0 amide bonds. The van der Waals surface area contributed by atoms with Crippen LogP contribution in [0.2, 0.25) is 0 Å². The summed E-state index contributed by atoms with van der Waals surface area (Å²) in [4.78, 5) is 2.34. The van der Waals surface area contributed by atoms with Crippen molar-refractivity contribution >= 4 is 0 Å². The molecular weight excluding hydrogens is 264 g/mol. The predicted octanol–water partition coefficient (Wildman–Crippen LogP) is 2.54. The molecule has 0 saturated carbocycles. The molecular formula is C17H28N2O2. The van der Waals surface area contributed by atoms with E-state index in [2.05, 4.69) is 24.2 Å². The van der Waals surface area contributed by atoms with Gasteiger partial charge in [0.1, 0.15) is 18.1 Å². The van der Waals surface area contributed by atoms with Gasteiger partial charge in [-0.15, -0.1) is 0 Å². The smallest absolute Gasteiger partial charge is 0.119 e. The van der Waals surface area contributed by atoms with Gasteiger partial charge in [-0.1, -0.05) is 6.92 Å². The molecule has 0 spiro atoms. The van der Waals surface area contributed by atoms with Crippen molar-refractivity contribution < 1.29 is 9.47 Å². The Balaban J connectivity index is 1.63. The lowest BCUT2D eigenvalue weighted by molar-refractivity contribution is 0.225. The summed E-state index contributed by atoms with van der Waals surface area (Å²) < 4.78 is 11.3. The van der Waals surface area contributed by atoms with Gasteiger partial charge < -0.3 is 19.7 Å². The Kier molecular flexibility index (Phi) is 6.83. The van der Waals surface area contributed by atoms with Crippen LogP contribution >= 0.6 is 0 Å². The molecule has 1 N–H and O–H groups in total. The van der Waals surface area contributed by atoms with E-state index < -0.39 is 0 Å². The van der Waals surface area contributed by atoms with Crippen molar-refractivity contribution in [1.29, 1.82) is 0 Å². The summed E-state index contributed by atoms with van der Waals surface area (Å²) in [6.45, 7) is 6.81. The van der Waals surface area contributed by atoms with Crippen LogP contribution in [0.1, 0.15) is 26.2 Å². The van der Waals surface area contributed by atoms with Crippen LogP contribution in [0.15, 0.2) is 24.3 Å². The molecule has 4 heteroatoms. The molecule has 1 unspecified atom stereocenters. The van der Waals surface area contributed by atoms with Crippen LogP contribution in [0.5, 0.6) is 11.5 Å². The topological polar surface area (TPSA) is 33.7 Å². The molecule has 21 heavy (non-hydrogen) atoms. The van der Waals surface area contributed by atoms with Crippen molar-refractivity contribution in [2.24, 2.45) is 0 Å². The predicted molar refractivity (Wildman–Crippen MR) is 86.2 cm³/mol. The molecule has 1 atom stereocenters. The van der Waals surface area contributed by atoms with Gasteiger partial charge in [0.15, 0.2) is 0 Å². The zero-order valence-electron chi connectivity index (χ0n) is 13.3. The monoisotopic (exact) mass is 292 g/mol. The molecule has 1 heterocycles. The lowest BCUT2D eigenvalue weighted by Gasteiger charge is -2.21. The number of benzene rings is 1. The fraction of sp³-hybridized carbons (Fsp3) is 0.647. The zero-order valence-corrected chi connectivity index (χ0v) is 13.3. The second-order valence-corrected chi connectivity index (χ2v) is 5.72. The van der Waals surface area contributed by atoms with Crippen molar-refractivity contribution in [3.8, 4) is 11.5 Å². The first-order valence-electron chi connectivity index (χ1n) is 8.05. The van der Waals surface area contributed by atoms with Gasteiger partial charge in [0.05, 0.1) is 6.61 Å². The molecule has 1 aromatic carbocycles. The minimum atomic E-state index is 0.657. The summed E-state index contributed by atoms with van der Waals surface area (Å²) in [5, 5.41) is 3.52. The molecule has 0 bridgehead atoms. The molecule has 2 rings (SSSR count). The molecule has 1 fully saturated rings. The summed E-state index contributed by atoms with van der Waals surface area (Å²) >= 11 is 0. The average Bonchev–Trinajstić information content (AvgIpc) is 2.99. The van der Waals surface area contributed by atoms with Crippen LogP contribution in [0, 0.1) is 0 Å². The average molecular weight is 292 g/mol. The van der Waals surface area contributed by atoms with Crippen LogP contribution in [-0.4, -0.2) is 50.8 Å². The summed E-state index contributed by atoms with van der Waals surface area (Å²) in [5.74, 6) is 1.82. The number of likely N-dealkylation sites (N-methyl/N-ethyl adjacent to an activating group) is 1. The maximum atomic E-state index is 5.78. The highest BCUT2D eigenvalue weighted by Crippen LogP contribution is 2.17. The minimum absolute atomic E-state index is 0.657. The summed E-state index contributed by atoms with van der Waals surface area (Å²) in [5.41, 5.74) is 0. The number of ether oxygens (including phenoxy) is 2. The van der Waals surface area contributed by atoms with Crippen LogP contribution in [0.3, 0.4) is 0 Å². The number of nitrogens with one attached hydrogen (secondary N) is 1. The van der Waals surface area contributed by atoms with E-state index in [0.29, 0.717) is 6.04 Å². The first-order chi connectivity index (χ1) is 10.3. The molecule has 0 aromatic heterocycles. The van der Waals surface area contributed by atoms with Crippen molar-refractivity contribution in [2.75, 3.05) is 39.9 Å². The highest BCUT2D eigenvalue weighted by Gasteiger charge is 2.15. The maximum Gasteiger partial charge on any atom is 0.119 e. The van der Waals surface area contributed by atoms with Crippen LogP contribution < -0.4 is 14.8 Å². The third-order valence-electron chi connectivity index (χ3n) is 3.73. The number of hydrogen-bond donors (Lipinski definition) is 1. The Morgan fingerprint density at radius 2 is 1.81 bits per heavy atom. The fourth-order valence-corrected chi connectivity index (χ4v) is 2.55. The highest BCUT2D eigenvalue weighted by atomic mass is 16.5. The van der Waals surface area contributed by atoms with E-state index in [9.17, 15) is 0 Å². The molecule has 1 saturated heterocycles. The third-order valence-corrected chi connectivity index (χ3v) is 3.73. The van der Waals surface area contributed by atoms with Gasteiger partial charge in [-0.05, 0) is 57.1 Å². The van der Waals surface area contributed by atoms with Crippen molar-refractivity contribution in [3.05, 3.63) is 24.3 Å². The Labute approximate surface area is 128 Å². The summed E-state index contributed by atoms with van der Waals surface area (Å²) in [7, 11) is 2.16. The maximum absolute atomic E-state index is 5.78. The molecule has 118 valence electrons. The Morgan fingerprint density at radius 3 is 2.38 bits per heavy atom. The van der Waals surface area contributed by atoms with Crippen molar-refractivity contribution in [1.82, 2.24) is 10.2 Å². The molecule has 1 aromatic rings. The van der Waals surface area contributed by atoms with E-state index in [0.717, 1.165) is 44.2 Å². The number of hydrogen-bond acceptors (Lipinski definition) is 4. The standard InChI is InChI=1S/C17H28N2O2/c1-3-12-20-16-6-8-17(9-7-16)21-13-11-19(2)14-15-5-4-10-18-15/h6-9,15,18H,3-5,10-14H2,1-2H3. The van der Waals surface area contributed by atoms with E-state index in [1.807, 2.05) is 24.3 Å². The molecule has 1 aliphatic heterocycles. The number of rotatable bonds is 9. The Bertz CT molecular complexity index is 388. The molecule has 1 aliphatic rings. The lowest BCUT2D eigenvalue weighted by Crippen LogP contribution is -2.37. The van der Waals surface area contributed by atoms with Gasteiger partial charge in [0.2, 0.25) is 0 Å². The van der Waals surface area contributed by atoms with Gasteiger partial charge >= 0.3 is 0 Å². The van der Waals surface area contributed by atoms with Gasteiger partial charge in [0.25, 0.3) is 0 Å². The van der Waals surface area contributed by atoms with Crippen LogP contribution in [0.4, 0.5) is 0 Å². The van der Waals surface area contributed by atoms with E-state index >= 15 is 0 Å². The van der Waals surface area contributed by atoms with Gasteiger partial charge in [0, 0.05) is 19.1 Å². The van der Waals surface area contributed by atoms with Crippen molar-refractivity contribution in [3.63, 3.8) is 0 Å². The Morgan fingerprint density at radius 1 is 1.14 bits per heavy atom.